The maximum atomic E-state index is 12.3. The Bertz CT molecular complexity index is 779. The van der Waals surface area contributed by atoms with E-state index in [1.807, 2.05) is 30.3 Å². The average molecular weight is 405 g/mol. The number of sulfone groups is 1. The summed E-state index contributed by atoms with van der Waals surface area (Å²) >= 11 is 0.233. The molecule has 0 aliphatic rings. The third-order valence-corrected chi connectivity index (χ3v) is 7.15. The molecule has 2 aromatic rings. The van der Waals surface area contributed by atoms with E-state index < -0.39 is 9.84 Å². The van der Waals surface area contributed by atoms with E-state index in [4.69, 9.17) is 0 Å². The van der Waals surface area contributed by atoms with Crippen LogP contribution in [0.2, 0.25) is 0 Å². The Morgan fingerprint density at radius 2 is 1.62 bits per heavy atom. The number of hydrogen-bond donors (Lipinski definition) is 0. The van der Waals surface area contributed by atoms with Crippen molar-refractivity contribution >= 4 is 29.3 Å². The Balaban J connectivity index is 2.14. The van der Waals surface area contributed by atoms with Crippen LogP contribution in [0, 0.1) is 0 Å². The first-order valence-corrected chi connectivity index (χ1v) is 11.3. The van der Waals surface area contributed by atoms with Crippen molar-refractivity contribution in [3.63, 3.8) is 0 Å². The third-order valence-electron chi connectivity index (χ3n) is 3.38. The second-order valence-electron chi connectivity index (χ2n) is 5.34. The molecule has 0 N–H and O–H groups in total. The molecule has 0 atom stereocenters. The number of allylic oxidation sites excluding steroid dienone is 3. The van der Waals surface area contributed by atoms with Crippen LogP contribution in [0.15, 0.2) is 87.6 Å². The molecule has 0 radical (unpaired) electrons. The van der Waals surface area contributed by atoms with Gasteiger partial charge in [-0.05, 0) is 0 Å². The Morgan fingerprint density at radius 3 is 2.25 bits per heavy atom. The van der Waals surface area contributed by atoms with Gasteiger partial charge in [-0.3, -0.25) is 0 Å². The van der Waals surface area contributed by atoms with Crippen molar-refractivity contribution in [2.45, 2.75) is 31.1 Å². The SMILES string of the molecule is CCCC/C(=C/C=C/S(=O)(=O)c1ccccc1)[Se]c1ccccc1. The average Bonchev–Trinajstić information content (AvgIpc) is 2.61. The van der Waals surface area contributed by atoms with Crippen LogP contribution in [0.3, 0.4) is 0 Å². The number of rotatable bonds is 8. The third kappa shape index (κ3) is 6.12. The zero-order valence-corrected chi connectivity index (χ0v) is 16.3. The first-order chi connectivity index (χ1) is 11.6. The number of unbranched alkanes of at least 4 members (excludes halogenated alkanes) is 1. The second kappa shape index (κ2) is 9.63. The van der Waals surface area contributed by atoms with E-state index in [-0.39, 0.29) is 15.0 Å². The summed E-state index contributed by atoms with van der Waals surface area (Å²) in [5.41, 5.74) is 0. The molecule has 2 rings (SSSR count). The van der Waals surface area contributed by atoms with Gasteiger partial charge in [-0.1, -0.05) is 0 Å². The molecule has 0 bridgehead atoms. The van der Waals surface area contributed by atoms with E-state index in [2.05, 4.69) is 19.1 Å². The van der Waals surface area contributed by atoms with E-state index in [0.717, 1.165) is 19.3 Å². The van der Waals surface area contributed by atoms with Gasteiger partial charge in [0.2, 0.25) is 0 Å². The van der Waals surface area contributed by atoms with Gasteiger partial charge in [0.05, 0.1) is 0 Å². The van der Waals surface area contributed by atoms with E-state index in [0.29, 0.717) is 4.90 Å². The molecule has 0 heterocycles. The molecule has 0 saturated carbocycles. The fourth-order valence-electron chi connectivity index (χ4n) is 2.10. The van der Waals surface area contributed by atoms with Gasteiger partial charge in [-0.2, -0.15) is 0 Å². The van der Waals surface area contributed by atoms with Crippen molar-refractivity contribution in [2.75, 3.05) is 0 Å². The Morgan fingerprint density at radius 1 is 1.00 bits per heavy atom. The summed E-state index contributed by atoms with van der Waals surface area (Å²) in [5, 5.41) is 1.30. The Labute approximate surface area is 151 Å². The molecule has 0 aliphatic carbocycles. The van der Waals surface area contributed by atoms with Crippen molar-refractivity contribution in [2.24, 2.45) is 0 Å². The molecular weight excluding hydrogens is 383 g/mol. The molecule has 126 valence electrons. The zero-order valence-electron chi connectivity index (χ0n) is 13.8. The molecule has 0 unspecified atom stereocenters. The molecule has 2 nitrogen and oxygen atoms in total. The van der Waals surface area contributed by atoms with Crippen LogP contribution in [0.25, 0.3) is 0 Å². The molecular formula is C20H22O2SSe. The summed E-state index contributed by atoms with van der Waals surface area (Å²) in [6, 6.07) is 18.9. The van der Waals surface area contributed by atoms with Crippen molar-refractivity contribution < 1.29 is 8.42 Å². The molecule has 4 heteroatoms. The van der Waals surface area contributed by atoms with E-state index in [1.165, 1.54) is 14.3 Å². The summed E-state index contributed by atoms with van der Waals surface area (Å²) < 4.78 is 27.2. The predicted molar refractivity (Wildman–Crippen MR) is 102 cm³/mol. The van der Waals surface area contributed by atoms with Crippen LogP contribution in [-0.4, -0.2) is 23.4 Å². The van der Waals surface area contributed by atoms with Gasteiger partial charge in [0, 0.05) is 0 Å². The van der Waals surface area contributed by atoms with Gasteiger partial charge in [0.25, 0.3) is 0 Å². The molecule has 24 heavy (non-hydrogen) atoms. The van der Waals surface area contributed by atoms with Crippen LogP contribution < -0.4 is 4.46 Å². The fourth-order valence-corrected chi connectivity index (χ4v) is 5.15. The minimum absolute atomic E-state index is 0.233. The van der Waals surface area contributed by atoms with Crippen molar-refractivity contribution in [3.8, 4) is 0 Å². The van der Waals surface area contributed by atoms with E-state index >= 15 is 0 Å². The maximum absolute atomic E-state index is 12.3. The topological polar surface area (TPSA) is 34.1 Å². The fraction of sp³-hybridized carbons (Fsp3) is 0.200. The zero-order chi connectivity index (χ0) is 17.3. The van der Waals surface area contributed by atoms with E-state index in [1.54, 1.807) is 30.3 Å². The number of benzene rings is 2. The standard InChI is InChI=1S/C20H22O2SSe/c1-2-3-13-19(24-20-14-8-5-9-15-20)16-10-17-23(21,22)18-11-6-4-7-12-18/h4-12,14-17H,2-3,13H2,1H3/b17-10+,19-16-. The molecule has 0 amide bonds. The summed E-state index contributed by atoms with van der Waals surface area (Å²) in [4.78, 5) is 0.332. The predicted octanol–water partition coefficient (Wildman–Crippen LogP) is 4.08. The molecule has 0 aliphatic heterocycles. The summed E-state index contributed by atoms with van der Waals surface area (Å²) in [6.07, 6.45) is 6.93. The van der Waals surface area contributed by atoms with Crippen LogP contribution in [-0.2, 0) is 9.84 Å². The Hall–Kier alpha value is -1.61. The minimum atomic E-state index is -3.37. The first kappa shape index (κ1) is 18.7. The molecule has 0 saturated heterocycles. The molecule has 2 aromatic carbocycles. The van der Waals surface area contributed by atoms with Crippen LogP contribution in [0.4, 0.5) is 0 Å². The van der Waals surface area contributed by atoms with Gasteiger partial charge in [-0.25, -0.2) is 0 Å². The van der Waals surface area contributed by atoms with Crippen LogP contribution >= 0.6 is 0 Å². The quantitative estimate of drug-likeness (QED) is 0.490. The van der Waals surface area contributed by atoms with Gasteiger partial charge >= 0.3 is 151 Å². The van der Waals surface area contributed by atoms with E-state index in [9.17, 15) is 8.42 Å². The normalized spacial score (nSPS) is 12.6. The molecule has 0 fully saturated rings. The van der Waals surface area contributed by atoms with Gasteiger partial charge < -0.3 is 0 Å². The second-order valence-corrected chi connectivity index (χ2v) is 9.69. The van der Waals surface area contributed by atoms with Gasteiger partial charge in [0.15, 0.2) is 0 Å². The van der Waals surface area contributed by atoms with Crippen molar-refractivity contribution in [1.29, 1.82) is 0 Å². The number of hydrogen-bond acceptors (Lipinski definition) is 2. The monoisotopic (exact) mass is 406 g/mol. The summed E-state index contributed by atoms with van der Waals surface area (Å²) in [7, 11) is -3.37. The Kier molecular flexibility index (Phi) is 7.51. The van der Waals surface area contributed by atoms with Crippen molar-refractivity contribution in [3.05, 3.63) is 82.7 Å². The first-order valence-electron chi connectivity index (χ1n) is 8.02. The summed E-state index contributed by atoms with van der Waals surface area (Å²) in [5.74, 6) is 0. The molecule has 0 aromatic heterocycles. The van der Waals surface area contributed by atoms with Crippen LogP contribution in [0.5, 0.6) is 0 Å². The van der Waals surface area contributed by atoms with Gasteiger partial charge in [0.1, 0.15) is 0 Å². The molecule has 0 spiro atoms. The van der Waals surface area contributed by atoms with Crippen LogP contribution in [0.1, 0.15) is 26.2 Å². The van der Waals surface area contributed by atoms with Crippen molar-refractivity contribution in [1.82, 2.24) is 0 Å². The van der Waals surface area contributed by atoms with Gasteiger partial charge in [-0.15, -0.1) is 0 Å². The summed E-state index contributed by atoms with van der Waals surface area (Å²) in [6.45, 7) is 2.17.